The highest BCUT2D eigenvalue weighted by molar-refractivity contribution is 5.53. The van der Waals surface area contributed by atoms with Gasteiger partial charge in [-0.15, -0.1) is 0 Å². The molecule has 0 amide bonds. The van der Waals surface area contributed by atoms with Gasteiger partial charge in [-0.25, -0.2) is 4.57 Å². The first-order valence-corrected chi connectivity index (χ1v) is 10.9. The number of rotatable bonds is 6. The van der Waals surface area contributed by atoms with Crippen molar-refractivity contribution in [3.05, 3.63) is 41.0 Å². The fourth-order valence-electron chi connectivity index (χ4n) is 4.37. The smallest absolute Gasteiger partial charge is 0.231 e. The lowest BCUT2D eigenvalue weighted by Crippen LogP contribution is -2.36. The van der Waals surface area contributed by atoms with Crippen LogP contribution in [0.1, 0.15) is 115 Å². The number of fused-ring (bicyclic) bond motifs is 1. The van der Waals surface area contributed by atoms with E-state index in [9.17, 15) is 0 Å². The molecular weight excluding hydrogens is 330 g/mol. The molecule has 1 aliphatic heterocycles. The van der Waals surface area contributed by atoms with Crippen molar-refractivity contribution in [3.63, 3.8) is 0 Å². The number of hydrogen-bond acceptors (Lipinski definition) is 1. The van der Waals surface area contributed by atoms with Crippen molar-refractivity contribution in [3.8, 4) is 5.69 Å². The number of aryl methyl sites for hydroxylation is 1. The van der Waals surface area contributed by atoms with E-state index in [1.165, 1.54) is 41.0 Å². The minimum Gasteiger partial charge on any atom is -0.231 e. The van der Waals surface area contributed by atoms with Crippen LogP contribution in [-0.2, 0) is 6.42 Å². The van der Waals surface area contributed by atoms with Crippen molar-refractivity contribution in [1.29, 1.82) is 0 Å². The molecule has 0 spiro atoms. The minimum atomic E-state index is 0.478. The van der Waals surface area contributed by atoms with Crippen LogP contribution in [0.3, 0.4) is 0 Å². The molecule has 0 saturated carbocycles. The summed E-state index contributed by atoms with van der Waals surface area (Å²) < 4.78 is 4.64. The van der Waals surface area contributed by atoms with Gasteiger partial charge in [0.05, 0.1) is 6.04 Å². The second kappa shape index (κ2) is 7.77. The highest BCUT2D eigenvalue weighted by Gasteiger charge is 2.33. The van der Waals surface area contributed by atoms with Crippen molar-refractivity contribution in [1.82, 2.24) is 9.78 Å². The van der Waals surface area contributed by atoms with Crippen molar-refractivity contribution < 1.29 is 4.57 Å². The van der Waals surface area contributed by atoms with Gasteiger partial charge in [0.2, 0.25) is 6.33 Å². The van der Waals surface area contributed by atoms with Gasteiger partial charge in [0.1, 0.15) is 5.69 Å². The molecule has 0 bridgehead atoms. The molecule has 0 fully saturated rings. The van der Waals surface area contributed by atoms with Gasteiger partial charge in [-0.3, -0.25) is 0 Å². The Hall–Kier alpha value is -1.64. The SMILES string of the molecule is CC(C)C[C@H]1CCc2nn(-c3c(C(C)C)cc(C(C)C)cc3C(C)C)c[n+]21. The minimum absolute atomic E-state index is 0.478. The van der Waals surface area contributed by atoms with E-state index < -0.39 is 0 Å². The van der Waals surface area contributed by atoms with Crippen LogP contribution in [0.2, 0.25) is 0 Å². The predicted molar refractivity (Wildman–Crippen MR) is 113 cm³/mol. The van der Waals surface area contributed by atoms with Crippen LogP contribution in [0, 0.1) is 5.92 Å². The van der Waals surface area contributed by atoms with Gasteiger partial charge in [0.25, 0.3) is 5.82 Å². The Morgan fingerprint density at radius 3 is 2.04 bits per heavy atom. The van der Waals surface area contributed by atoms with Gasteiger partial charge in [0.15, 0.2) is 0 Å². The van der Waals surface area contributed by atoms with Crippen molar-refractivity contribution >= 4 is 0 Å². The summed E-state index contributed by atoms with van der Waals surface area (Å²) in [5, 5.41) is 5.06. The molecule has 27 heavy (non-hydrogen) atoms. The summed E-state index contributed by atoms with van der Waals surface area (Å²) >= 11 is 0. The Morgan fingerprint density at radius 1 is 0.963 bits per heavy atom. The Labute approximate surface area is 165 Å². The van der Waals surface area contributed by atoms with Crippen LogP contribution >= 0.6 is 0 Å². The monoisotopic (exact) mass is 368 g/mol. The maximum absolute atomic E-state index is 5.06. The molecule has 3 nitrogen and oxygen atoms in total. The first kappa shape index (κ1) is 20.1. The van der Waals surface area contributed by atoms with E-state index in [0.29, 0.717) is 23.8 Å². The molecule has 0 aliphatic carbocycles. The van der Waals surface area contributed by atoms with Crippen molar-refractivity contribution in [2.75, 3.05) is 0 Å². The zero-order valence-corrected chi connectivity index (χ0v) is 18.6. The average molecular weight is 369 g/mol. The van der Waals surface area contributed by atoms with Gasteiger partial charge in [-0.1, -0.05) is 72.2 Å². The van der Waals surface area contributed by atoms with E-state index >= 15 is 0 Å². The molecular formula is C24H38N3+. The Bertz CT molecular complexity index is 767. The summed E-state index contributed by atoms with van der Waals surface area (Å²) in [5.41, 5.74) is 5.60. The van der Waals surface area contributed by atoms with E-state index in [2.05, 4.69) is 83.1 Å². The van der Waals surface area contributed by atoms with Crippen LogP contribution in [0.5, 0.6) is 0 Å². The van der Waals surface area contributed by atoms with Gasteiger partial charge in [0, 0.05) is 11.5 Å². The lowest BCUT2D eigenvalue weighted by molar-refractivity contribution is -0.718. The van der Waals surface area contributed by atoms with Gasteiger partial charge in [-0.2, -0.15) is 0 Å². The highest BCUT2D eigenvalue weighted by atomic mass is 15.4. The lowest BCUT2D eigenvalue weighted by Gasteiger charge is -2.19. The number of benzene rings is 1. The molecule has 2 heterocycles. The van der Waals surface area contributed by atoms with E-state index in [0.717, 1.165) is 12.3 Å². The molecule has 1 aliphatic rings. The second-order valence-corrected chi connectivity index (χ2v) is 9.72. The van der Waals surface area contributed by atoms with E-state index in [-0.39, 0.29) is 0 Å². The molecule has 1 aromatic carbocycles. The molecule has 3 rings (SSSR count). The third-order valence-corrected chi connectivity index (χ3v) is 5.92. The molecule has 1 aromatic heterocycles. The summed E-state index contributed by atoms with van der Waals surface area (Å²) in [5.74, 6) is 3.47. The van der Waals surface area contributed by atoms with Crippen LogP contribution in [0.25, 0.3) is 5.69 Å². The largest absolute Gasteiger partial charge is 0.278 e. The summed E-state index contributed by atoms with van der Waals surface area (Å²) in [7, 11) is 0. The van der Waals surface area contributed by atoms with Gasteiger partial charge < -0.3 is 0 Å². The maximum atomic E-state index is 5.06. The first-order valence-electron chi connectivity index (χ1n) is 10.9. The Kier molecular flexibility index (Phi) is 5.79. The van der Waals surface area contributed by atoms with Crippen molar-refractivity contribution in [2.24, 2.45) is 5.92 Å². The number of nitrogens with zero attached hydrogens (tertiary/aromatic N) is 3. The summed E-state index contributed by atoms with van der Waals surface area (Å²) in [6.07, 6.45) is 5.85. The van der Waals surface area contributed by atoms with E-state index in [1.54, 1.807) is 0 Å². The van der Waals surface area contributed by atoms with Gasteiger partial charge >= 0.3 is 0 Å². The Morgan fingerprint density at radius 2 is 1.56 bits per heavy atom. The molecule has 0 saturated heterocycles. The third kappa shape index (κ3) is 3.97. The normalized spacial score (nSPS) is 17.0. The van der Waals surface area contributed by atoms with E-state index in [4.69, 9.17) is 5.10 Å². The fourth-order valence-corrected chi connectivity index (χ4v) is 4.37. The van der Waals surface area contributed by atoms with Crippen LogP contribution in [0.15, 0.2) is 18.5 Å². The topological polar surface area (TPSA) is 21.7 Å². The molecule has 2 aromatic rings. The Balaban J connectivity index is 2.14. The third-order valence-electron chi connectivity index (χ3n) is 5.92. The molecule has 0 unspecified atom stereocenters. The average Bonchev–Trinajstić information content (AvgIpc) is 3.14. The van der Waals surface area contributed by atoms with Crippen LogP contribution in [-0.4, -0.2) is 9.78 Å². The molecule has 148 valence electrons. The molecule has 1 atom stereocenters. The summed E-state index contributed by atoms with van der Waals surface area (Å²) in [6.45, 7) is 18.4. The number of aromatic nitrogens is 3. The summed E-state index contributed by atoms with van der Waals surface area (Å²) in [4.78, 5) is 0. The lowest BCUT2D eigenvalue weighted by atomic mass is 9.87. The van der Waals surface area contributed by atoms with Crippen molar-refractivity contribution in [2.45, 2.75) is 98.4 Å². The first-order chi connectivity index (χ1) is 12.7. The number of hydrogen-bond donors (Lipinski definition) is 0. The maximum Gasteiger partial charge on any atom is 0.278 e. The molecule has 0 radical (unpaired) electrons. The zero-order chi connectivity index (χ0) is 19.9. The highest BCUT2D eigenvalue weighted by Crippen LogP contribution is 2.35. The van der Waals surface area contributed by atoms with E-state index in [1.807, 2.05) is 0 Å². The fraction of sp³-hybridized carbons (Fsp3) is 0.667. The quantitative estimate of drug-likeness (QED) is 0.568. The van der Waals surface area contributed by atoms with Crippen LogP contribution in [0.4, 0.5) is 0 Å². The standard InChI is InChI=1S/C24H38N3/c1-15(2)11-20-9-10-23-25-27(14-26(20)23)24-21(17(5)6)12-19(16(3)4)13-22(24)18(7)8/h12-18,20H,9-11H2,1-8H3/q+1/t20-/m1/s1. The van der Waals surface area contributed by atoms with Crippen LogP contribution < -0.4 is 4.57 Å². The van der Waals surface area contributed by atoms with Gasteiger partial charge in [-0.05, 0) is 53.2 Å². The molecule has 0 N–H and O–H groups in total. The zero-order valence-electron chi connectivity index (χ0n) is 18.6. The predicted octanol–water partition coefficient (Wildman–Crippen LogP) is 6.06. The summed E-state index contributed by atoms with van der Waals surface area (Å²) in [6, 6.07) is 5.44. The molecule has 3 heteroatoms. The second-order valence-electron chi connectivity index (χ2n) is 9.72.